The summed E-state index contributed by atoms with van der Waals surface area (Å²) < 4.78 is 27.7. The van der Waals surface area contributed by atoms with Crippen molar-refractivity contribution in [1.29, 1.82) is 0 Å². The summed E-state index contributed by atoms with van der Waals surface area (Å²) in [5.41, 5.74) is 0.653. The molecule has 0 aliphatic heterocycles. The first-order valence-corrected chi connectivity index (χ1v) is 9.16. The second-order valence-corrected chi connectivity index (χ2v) is 8.26. The van der Waals surface area contributed by atoms with Gasteiger partial charge in [-0.1, -0.05) is 24.3 Å². The summed E-state index contributed by atoms with van der Waals surface area (Å²) in [6.45, 7) is 1.84. The second kappa shape index (κ2) is 4.84. The van der Waals surface area contributed by atoms with E-state index in [1.165, 1.54) is 18.2 Å². The Kier molecular flexibility index (Phi) is 3.07. The lowest BCUT2D eigenvalue weighted by atomic mass is 9.84. The monoisotopic (exact) mass is 341 g/mol. The zero-order valence-corrected chi connectivity index (χ0v) is 13.8. The van der Waals surface area contributed by atoms with E-state index in [0.29, 0.717) is 11.1 Å². The van der Waals surface area contributed by atoms with Gasteiger partial charge in [-0.05, 0) is 38.0 Å². The Morgan fingerprint density at radius 1 is 0.875 bits per heavy atom. The summed E-state index contributed by atoms with van der Waals surface area (Å²) >= 11 is 0. The number of sulfonamides is 1. The van der Waals surface area contributed by atoms with Crippen LogP contribution < -0.4 is 4.72 Å². The molecule has 1 saturated carbocycles. The number of ketones is 2. The van der Waals surface area contributed by atoms with E-state index in [0.717, 1.165) is 12.8 Å². The lowest BCUT2D eigenvalue weighted by molar-refractivity contribution is 0.0979. The number of carbonyl (C=O) groups excluding carboxylic acids is 2. The smallest absolute Gasteiger partial charge is 0.241 e. The summed E-state index contributed by atoms with van der Waals surface area (Å²) in [6.07, 6.45) is 1.59. The van der Waals surface area contributed by atoms with Crippen LogP contribution in [0.4, 0.5) is 0 Å². The molecule has 122 valence electrons. The topological polar surface area (TPSA) is 80.3 Å². The Bertz CT molecular complexity index is 1000. The average Bonchev–Trinajstić information content (AvgIpc) is 3.28. The minimum atomic E-state index is -3.72. The molecule has 0 unspecified atom stereocenters. The van der Waals surface area contributed by atoms with Gasteiger partial charge in [0, 0.05) is 27.8 Å². The van der Waals surface area contributed by atoms with Gasteiger partial charge in [-0.2, -0.15) is 0 Å². The normalized spacial score (nSPS) is 18.0. The molecule has 6 heteroatoms. The highest BCUT2D eigenvalue weighted by atomic mass is 32.2. The van der Waals surface area contributed by atoms with E-state index in [1.807, 2.05) is 6.92 Å². The molecular formula is C18H15NO4S. The van der Waals surface area contributed by atoms with E-state index < -0.39 is 15.6 Å². The van der Waals surface area contributed by atoms with Crippen molar-refractivity contribution >= 4 is 21.6 Å². The fourth-order valence-corrected chi connectivity index (χ4v) is 4.41. The average molecular weight is 341 g/mol. The molecule has 0 amide bonds. The van der Waals surface area contributed by atoms with Crippen molar-refractivity contribution in [2.75, 3.05) is 0 Å². The fraction of sp³-hybridized carbons (Fsp3) is 0.222. The van der Waals surface area contributed by atoms with Crippen molar-refractivity contribution < 1.29 is 18.0 Å². The molecule has 1 fully saturated rings. The van der Waals surface area contributed by atoms with Gasteiger partial charge in [-0.3, -0.25) is 9.59 Å². The van der Waals surface area contributed by atoms with Gasteiger partial charge in [-0.15, -0.1) is 0 Å². The largest absolute Gasteiger partial charge is 0.289 e. The summed E-state index contributed by atoms with van der Waals surface area (Å²) in [5.74, 6) is -0.582. The predicted molar refractivity (Wildman–Crippen MR) is 87.7 cm³/mol. The van der Waals surface area contributed by atoms with Crippen LogP contribution in [0.15, 0.2) is 47.4 Å². The minimum absolute atomic E-state index is 0.00917. The van der Waals surface area contributed by atoms with Crippen LogP contribution in [0.2, 0.25) is 0 Å². The lowest BCUT2D eigenvalue weighted by Crippen LogP contribution is -2.34. The molecule has 24 heavy (non-hydrogen) atoms. The van der Waals surface area contributed by atoms with Gasteiger partial charge >= 0.3 is 0 Å². The van der Waals surface area contributed by atoms with Crippen LogP contribution in [-0.4, -0.2) is 25.5 Å². The van der Waals surface area contributed by atoms with Crippen LogP contribution in [0.25, 0.3) is 0 Å². The zero-order valence-electron chi connectivity index (χ0n) is 13.0. The SMILES string of the molecule is CC1(NS(=O)(=O)c2ccc3c(c2)C(=O)c2ccccc2C3=O)CC1. The van der Waals surface area contributed by atoms with Crippen molar-refractivity contribution in [3.8, 4) is 0 Å². The van der Waals surface area contributed by atoms with Crippen LogP contribution in [0.5, 0.6) is 0 Å². The number of nitrogens with one attached hydrogen (secondary N) is 1. The maximum absolute atomic E-state index is 12.7. The van der Waals surface area contributed by atoms with E-state index in [4.69, 9.17) is 0 Å². The molecule has 0 aromatic heterocycles. The van der Waals surface area contributed by atoms with Gasteiger partial charge in [0.05, 0.1) is 4.90 Å². The van der Waals surface area contributed by atoms with Crippen molar-refractivity contribution in [2.45, 2.75) is 30.2 Å². The standard InChI is InChI=1S/C18H15NO4S/c1-18(8-9-18)19-24(22,23)11-6-7-14-15(10-11)17(21)13-5-3-2-4-12(13)16(14)20/h2-7,10,19H,8-9H2,1H3. The van der Waals surface area contributed by atoms with Crippen molar-refractivity contribution in [3.05, 3.63) is 64.7 Å². The molecule has 5 nitrogen and oxygen atoms in total. The van der Waals surface area contributed by atoms with E-state index in [2.05, 4.69) is 4.72 Å². The van der Waals surface area contributed by atoms with Gasteiger partial charge < -0.3 is 0 Å². The number of hydrogen-bond donors (Lipinski definition) is 1. The first-order valence-electron chi connectivity index (χ1n) is 7.67. The molecule has 4 rings (SSSR count). The molecule has 0 radical (unpaired) electrons. The molecule has 0 atom stereocenters. The molecule has 2 aliphatic rings. The Morgan fingerprint density at radius 2 is 1.42 bits per heavy atom. The van der Waals surface area contributed by atoms with Crippen molar-refractivity contribution in [2.24, 2.45) is 0 Å². The molecule has 2 aliphatic carbocycles. The van der Waals surface area contributed by atoms with E-state index in [1.54, 1.807) is 24.3 Å². The third-order valence-corrected chi connectivity index (χ3v) is 6.22. The first-order chi connectivity index (χ1) is 11.3. The van der Waals surface area contributed by atoms with E-state index in [9.17, 15) is 18.0 Å². The van der Waals surface area contributed by atoms with Gasteiger partial charge in [0.1, 0.15) is 0 Å². The van der Waals surface area contributed by atoms with Crippen LogP contribution >= 0.6 is 0 Å². The third-order valence-electron chi connectivity index (χ3n) is 4.59. The summed E-state index contributed by atoms with van der Waals surface area (Å²) in [7, 11) is -3.72. The van der Waals surface area contributed by atoms with Crippen LogP contribution in [0, 0.1) is 0 Å². The minimum Gasteiger partial charge on any atom is -0.289 e. The molecule has 0 saturated heterocycles. The molecule has 0 bridgehead atoms. The predicted octanol–water partition coefficient (Wildman–Crippen LogP) is 2.29. The quantitative estimate of drug-likeness (QED) is 0.793. The number of carbonyl (C=O) groups is 2. The van der Waals surface area contributed by atoms with Gasteiger partial charge in [-0.25, -0.2) is 13.1 Å². The maximum Gasteiger partial charge on any atom is 0.241 e. The van der Waals surface area contributed by atoms with Crippen LogP contribution in [0.3, 0.4) is 0 Å². The number of hydrogen-bond acceptors (Lipinski definition) is 4. The Labute approximate surface area is 139 Å². The van der Waals surface area contributed by atoms with E-state index >= 15 is 0 Å². The highest BCUT2D eigenvalue weighted by molar-refractivity contribution is 7.89. The van der Waals surface area contributed by atoms with E-state index in [-0.39, 0.29) is 27.6 Å². The number of rotatable bonds is 3. The highest BCUT2D eigenvalue weighted by Crippen LogP contribution is 2.36. The third kappa shape index (κ3) is 2.30. The zero-order chi connectivity index (χ0) is 17.1. The second-order valence-electron chi connectivity index (χ2n) is 6.58. The Morgan fingerprint density at radius 3 is 2.00 bits per heavy atom. The molecule has 2 aromatic carbocycles. The first kappa shape index (κ1) is 15.2. The van der Waals surface area contributed by atoms with Crippen molar-refractivity contribution in [3.63, 3.8) is 0 Å². The number of fused-ring (bicyclic) bond motifs is 2. The highest BCUT2D eigenvalue weighted by Gasteiger charge is 2.41. The Balaban J connectivity index is 1.81. The maximum atomic E-state index is 12.7. The van der Waals surface area contributed by atoms with Crippen LogP contribution in [-0.2, 0) is 10.0 Å². The van der Waals surface area contributed by atoms with Crippen LogP contribution in [0.1, 0.15) is 51.6 Å². The van der Waals surface area contributed by atoms with Gasteiger partial charge in [0.25, 0.3) is 0 Å². The molecule has 2 aromatic rings. The van der Waals surface area contributed by atoms with Gasteiger partial charge in [0.15, 0.2) is 11.6 Å². The molecule has 0 heterocycles. The van der Waals surface area contributed by atoms with Gasteiger partial charge in [0.2, 0.25) is 10.0 Å². The fourth-order valence-electron chi connectivity index (χ4n) is 2.92. The summed E-state index contributed by atoms with van der Waals surface area (Å²) in [4.78, 5) is 25.2. The lowest BCUT2D eigenvalue weighted by Gasteiger charge is -2.19. The summed E-state index contributed by atoms with van der Waals surface area (Å²) in [6, 6.07) is 10.7. The summed E-state index contributed by atoms with van der Waals surface area (Å²) in [5, 5.41) is 0. The Hall–Kier alpha value is -2.31. The molecular weight excluding hydrogens is 326 g/mol. The number of benzene rings is 2. The molecule has 0 spiro atoms. The molecule has 1 N–H and O–H groups in total. The van der Waals surface area contributed by atoms with Crippen molar-refractivity contribution in [1.82, 2.24) is 4.72 Å².